The Labute approximate surface area is 139 Å². The monoisotopic (exact) mass is 366 g/mol. The molecule has 0 radical (unpaired) electrons. The highest BCUT2D eigenvalue weighted by atomic mass is 79.9. The molecule has 1 atom stereocenters. The fourth-order valence-electron chi connectivity index (χ4n) is 3.11. The number of halogens is 1. The van der Waals surface area contributed by atoms with Crippen molar-refractivity contribution in [2.75, 3.05) is 44.7 Å². The lowest BCUT2D eigenvalue weighted by Crippen LogP contribution is -3.12. The largest absolute Gasteiger partial charge is 0.334 e. The summed E-state index contributed by atoms with van der Waals surface area (Å²) >= 11 is 3.39. The number of amides is 2. The lowest BCUT2D eigenvalue weighted by atomic mass is 10.1. The van der Waals surface area contributed by atoms with E-state index < -0.39 is 0 Å². The minimum atomic E-state index is -0.199. The van der Waals surface area contributed by atoms with Gasteiger partial charge in [0.2, 0.25) is 11.8 Å². The predicted octanol–water partition coefficient (Wildman–Crippen LogP) is 0.159. The van der Waals surface area contributed by atoms with E-state index in [0.717, 1.165) is 36.3 Å². The molecule has 6 heteroatoms. The van der Waals surface area contributed by atoms with E-state index in [1.165, 1.54) is 4.90 Å². The minimum absolute atomic E-state index is 0.0421. The Morgan fingerprint density at radius 2 is 1.86 bits per heavy atom. The van der Waals surface area contributed by atoms with Gasteiger partial charge < -0.3 is 14.7 Å². The van der Waals surface area contributed by atoms with Gasteiger partial charge in [-0.25, -0.2) is 0 Å². The smallest absolute Gasteiger partial charge is 0.228 e. The van der Waals surface area contributed by atoms with E-state index in [-0.39, 0.29) is 17.7 Å². The van der Waals surface area contributed by atoms with Crippen LogP contribution < -0.4 is 9.80 Å². The molecule has 0 saturated carbocycles. The first-order valence-corrected chi connectivity index (χ1v) is 8.50. The molecule has 1 aromatic carbocycles. The van der Waals surface area contributed by atoms with Crippen LogP contribution in [0.4, 0.5) is 5.69 Å². The van der Waals surface area contributed by atoms with Crippen LogP contribution in [0.1, 0.15) is 6.42 Å². The molecule has 0 bridgehead atoms. The van der Waals surface area contributed by atoms with Crippen molar-refractivity contribution in [3.63, 3.8) is 0 Å². The van der Waals surface area contributed by atoms with Crippen LogP contribution in [0.3, 0.4) is 0 Å². The van der Waals surface area contributed by atoms with Crippen LogP contribution in [-0.4, -0.2) is 56.5 Å². The first-order chi connectivity index (χ1) is 10.5. The van der Waals surface area contributed by atoms with Gasteiger partial charge in [0.1, 0.15) is 0 Å². The molecule has 2 fully saturated rings. The van der Waals surface area contributed by atoms with Crippen LogP contribution in [0.2, 0.25) is 0 Å². The molecule has 1 aromatic rings. The Kier molecular flexibility index (Phi) is 4.49. The summed E-state index contributed by atoms with van der Waals surface area (Å²) in [6, 6.07) is 7.66. The molecule has 5 nitrogen and oxygen atoms in total. The topological polar surface area (TPSA) is 45.1 Å². The Hall–Kier alpha value is -1.40. The van der Waals surface area contributed by atoms with Crippen molar-refractivity contribution in [3.8, 4) is 0 Å². The van der Waals surface area contributed by atoms with Gasteiger partial charge in [0.05, 0.1) is 39.1 Å². The second kappa shape index (κ2) is 6.38. The lowest BCUT2D eigenvalue weighted by molar-refractivity contribution is -0.883. The molecule has 22 heavy (non-hydrogen) atoms. The normalized spacial score (nSPS) is 23.2. The van der Waals surface area contributed by atoms with Gasteiger partial charge in [0, 0.05) is 23.1 Å². The van der Waals surface area contributed by atoms with Gasteiger partial charge in [0.25, 0.3) is 0 Å². The van der Waals surface area contributed by atoms with Crippen LogP contribution in [0, 0.1) is 5.92 Å². The number of rotatable bonds is 2. The van der Waals surface area contributed by atoms with Crippen molar-refractivity contribution in [2.24, 2.45) is 5.92 Å². The third kappa shape index (κ3) is 3.17. The number of hydrogen-bond donors (Lipinski definition) is 1. The molecule has 2 saturated heterocycles. The number of hydrogen-bond acceptors (Lipinski definition) is 2. The van der Waals surface area contributed by atoms with Gasteiger partial charge in [0.15, 0.2) is 0 Å². The SMILES string of the molecule is C[NH+]1CCN(C(=O)C2CC(=O)N(c3ccc(Br)cc3)C2)CC1. The van der Waals surface area contributed by atoms with E-state index in [9.17, 15) is 9.59 Å². The first kappa shape index (κ1) is 15.5. The fourth-order valence-corrected chi connectivity index (χ4v) is 3.37. The van der Waals surface area contributed by atoms with Crippen LogP contribution in [-0.2, 0) is 9.59 Å². The zero-order valence-corrected chi connectivity index (χ0v) is 14.3. The van der Waals surface area contributed by atoms with E-state index >= 15 is 0 Å². The standard InChI is InChI=1S/C16H20BrN3O2/c1-18-6-8-19(9-7-18)16(22)12-10-15(21)20(11-12)14-4-2-13(17)3-5-14/h2-5,12H,6-11H2,1H3/p+1. The molecular formula is C16H21BrN3O2+. The van der Waals surface area contributed by atoms with E-state index in [0.29, 0.717) is 13.0 Å². The van der Waals surface area contributed by atoms with Gasteiger partial charge in [-0.1, -0.05) is 15.9 Å². The van der Waals surface area contributed by atoms with Crippen molar-refractivity contribution in [1.82, 2.24) is 4.90 Å². The number of likely N-dealkylation sites (N-methyl/N-ethyl adjacent to an activating group) is 1. The van der Waals surface area contributed by atoms with Crippen molar-refractivity contribution >= 4 is 33.4 Å². The summed E-state index contributed by atoms with van der Waals surface area (Å²) in [4.78, 5) is 30.0. The first-order valence-electron chi connectivity index (χ1n) is 7.70. The lowest BCUT2D eigenvalue weighted by Gasteiger charge is -2.31. The number of piperazine rings is 1. The van der Waals surface area contributed by atoms with Crippen molar-refractivity contribution in [1.29, 1.82) is 0 Å². The third-order valence-electron chi connectivity index (χ3n) is 4.54. The molecular weight excluding hydrogens is 346 g/mol. The molecule has 0 aromatic heterocycles. The van der Waals surface area contributed by atoms with Crippen LogP contribution in [0.25, 0.3) is 0 Å². The Bertz CT molecular complexity index is 567. The number of carbonyl (C=O) groups is 2. The molecule has 2 heterocycles. The Morgan fingerprint density at radius 3 is 2.50 bits per heavy atom. The van der Waals surface area contributed by atoms with Crippen LogP contribution >= 0.6 is 15.9 Å². The average Bonchev–Trinajstić information content (AvgIpc) is 2.90. The average molecular weight is 367 g/mol. The van der Waals surface area contributed by atoms with E-state index in [4.69, 9.17) is 0 Å². The minimum Gasteiger partial charge on any atom is -0.334 e. The summed E-state index contributed by atoms with van der Waals surface area (Å²) in [5, 5.41) is 0. The molecule has 2 aliphatic heterocycles. The van der Waals surface area contributed by atoms with Gasteiger partial charge >= 0.3 is 0 Å². The molecule has 2 aliphatic rings. The zero-order valence-electron chi connectivity index (χ0n) is 12.7. The predicted molar refractivity (Wildman–Crippen MR) is 87.8 cm³/mol. The van der Waals surface area contributed by atoms with Crippen LogP contribution in [0.15, 0.2) is 28.7 Å². The number of quaternary nitrogens is 1. The summed E-state index contributed by atoms with van der Waals surface area (Å²) in [7, 11) is 2.15. The number of carbonyl (C=O) groups excluding carboxylic acids is 2. The Balaban J connectivity index is 1.66. The van der Waals surface area contributed by atoms with E-state index in [2.05, 4.69) is 23.0 Å². The maximum atomic E-state index is 12.6. The fraction of sp³-hybridized carbons (Fsp3) is 0.500. The Morgan fingerprint density at radius 1 is 1.23 bits per heavy atom. The number of benzene rings is 1. The zero-order chi connectivity index (χ0) is 15.7. The molecule has 1 unspecified atom stereocenters. The van der Waals surface area contributed by atoms with Gasteiger partial charge in [-0.2, -0.15) is 0 Å². The van der Waals surface area contributed by atoms with Crippen molar-refractivity contribution < 1.29 is 14.5 Å². The third-order valence-corrected chi connectivity index (χ3v) is 5.07. The molecule has 3 rings (SSSR count). The molecule has 0 spiro atoms. The van der Waals surface area contributed by atoms with Gasteiger partial charge in [-0.05, 0) is 24.3 Å². The second-order valence-corrected chi connectivity index (χ2v) is 7.08. The second-order valence-electron chi connectivity index (χ2n) is 6.16. The number of nitrogens with zero attached hydrogens (tertiary/aromatic N) is 2. The summed E-state index contributed by atoms with van der Waals surface area (Å²) in [5.41, 5.74) is 0.867. The highest BCUT2D eigenvalue weighted by molar-refractivity contribution is 9.10. The van der Waals surface area contributed by atoms with Crippen molar-refractivity contribution in [3.05, 3.63) is 28.7 Å². The maximum absolute atomic E-state index is 12.6. The summed E-state index contributed by atoms with van der Waals surface area (Å²) in [6.45, 7) is 4.07. The van der Waals surface area contributed by atoms with E-state index in [1.54, 1.807) is 4.90 Å². The highest BCUT2D eigenvalue weighted by Gasteiger charge is 2.38. The summed E-state index contributed by atoms with van der Waals surface area (Å²) in [5.74, 6) is -0.0181. The van der Waals surface area contributed by atoms with Crippen LogP contribution in [0.5, 0.6) is 0 Å². The highest BCUT2D eigenvalue weighted by Crippen LogP contribution is 2.27. The van der Waals surface area contributed by atoms with Gasteiger partial charge in [-0.3, -0.25) is 9.59 Å². The quantitative estimate of drug-likeness (QED) is 0.810. The number of anilines is 1. The number of nitrogens with one attached hydrogen (secondary N) is 1. The summed E-state index contributed by atoms with van der Waals surface area (Å²) in [6.07, 6.45) is 0.327. The molecule has 1 N–H and O–H groups in total. The van der Waals surface area contributed by atoms with E-state index in [1.807, 2.05) is 29.2 Å². The molecule has 0 aliphatic carbocycles. The maximum Gasteiger partial charge on any atom is 0.228 e. The van der Waals surface area contributed by atoms with Crippen molar-refractivity contribution in [2.45, 2.75) is 6.42 Å². The molecule has 118 valence electrons. The van der Waals surface area contributed by atoms with Gasteiger partial charge in [-0.15, -0.1) is 0 Å². The molecule has 2 amide bonds. The summed E-state index contributed by atoms with van der Waals surface area (Å²) < 4.78 is 0.982.